The molecule has 0 N–H and O–H groups in total. The Balaban J connectivity index is 3.23. The van der Waals surface area contributed by atoms with Gasteiger partial charge in [-0.1, -0.05) is 0 Å². The number of hydrogen-bond acceptors (Lipinski definition) is 4. The third-order valence-electron chi connectivity index (χ3n) is 1.69. The zero-order valence-electron chi connectivity index (χ0n) is 7.10. The molecule has 0 amide bonds. The van der Waals surface area contributed by atoms with Gasteiger partial charge in [-0.25, -0.2) is 0 Å². The first-order valence-electron chi connectivity index (χ1n) is 3.73. The smallest absolute Gasteiger partial charge is 0.258 e. The lowest BCUT2D eigenvalue weighted by molar-refractivity contribution is -0.384. The summed E-state index contributed by atoms with van der Waals surface area (Å²) in [5, 5.41) is 27.5. The second-order valence-electron chi connectivity index (χ2n) is 2.55. The summed E-state index contributed by atoms with van der Waals surface area (Å²) in [6, 6.07) is 7.58. The lowest BCUT2D eigenvalue weighted by Gasteiger charge is -1.97. The zero-order valence-corrected chi connectivity index (χ0v) is 7.10. The predicted molar refractivity (Wildman–Crippen MR) is 47.1 cm³/mol. The van der Waals surface area contributed by atoms with E-state index in [0.29, 0.717) is 11.1 Å². The van der Waals surface area contributed by atoms with Crippen molar-refractivity contribution in [1.29, 1.82) is 10.5 Å². The second kappa shape index (κ2) is 4.01. The summed E-state index contributed by atoms with van der Waals surface area (Å²) >= 11 is 0. The molecule has 0 spiro atoms. The van der Waals surface area contributed by atoms with Crippen LogP contribution in [0.5, 0.6) is 0 Å². The van der Waals surface area contributed by atoms with Crippen molar-refractivity contribution in [2.75, 3.05) is 0 Å². The number of nitrogens with zero attached hydrogens (tertiary/aromatic N) is 3. The van der Waals surface area contributed by atoms with Crippen LogP contribution in [0.1, 0.15) is 11.1 Å². The van der Waals surface area contributed by atoms with Crippen molar-refractivity contribution in [1.82, 2.24) is 0 Å². The Morgan fingerprint density at radius 3 is 2.64 bits per heavy atom. The molecule has 0 fully saturated rings. The van der Waals surface area contributed by atoms with E-state index in [1.165, 1.54) is 18.2 Å². The summed E-state index contributed by atoms with van der Waals surface area (Å²) in [6.07, 6.45) is 0.00454. The van der Waals surface area contributed by atoms with Gasteiger partial charge < -0.3 is 0 Å². The van der Waals surface area contributed by atoms with Crippen molar-refractivity contribution in [3.05, 3.63) is 39.4 Å². The highest BCUT2D eigenvalue weighted by Gasteiger charge is 2.09. The van der Waals surface area contributed by atoms with Crippen LogP contribution >= 0.6 is 0 Å². The lowest BCUT2D eigenvalue weighted by atomic mass is 10.1. The molecule has 0 aromatic heterocycles. The summed E-state index contributed by atoms with van der Waals surface area (Å²) in [4.78, 5) is 9.84. The quantitative estimate of drug-likeness (QED) is 0.518. The normalized spacial score (nSPS) is 8.71. The number of nitro groups is 1. The number of nitro benzene ring substituents is 1. The second-order valence-corrected chi connectivity index (χ2v) is 2.55. The molecule has 0 radical (unpaired) electrons. The molecule has 1 aromatic rings. The molecule has 5 heteroatoms. The molecule has 14 heavy (non-hydrogen) atoms. The van der Waals surface area contributed by atoms with Gasteiger partial charge in [-0.15, -0.1) is 0 Å². The Labute approximate surface area is 80.0 Å². The van der Waals surface area contributed by atoms with Gasteiger partial charge >= 0.3 is 0 Å². The van der Waals surface area contributed by atoms with Gasteiger partial charge in [-0.2, -0.15) is 10.5 Å². The third-order valence-corrected chi connectivity index (χ3v) is 1.69. The summed E-state index contributed by atoms with van der Waals surface area (Å²) in [6.45, 7) is 0. The van der Waals surface area contributed by atoms with Crippen molar-refractivity contribution in [2.45, 2.75) is 6.42 Å². The Bertz CT molecular complexity index is 454. The molecular formula is C9H5N3O2. The van der Waals surface area contributed by atoms with Crippen LogP contribution in [-0.4, -0.2) is 4.92 Å². The van der Waals surface area contributed by atoms with Gasteiger partial charge in [-0.05, 0) is 11.6 Å². The van der Waals surface area contributed by atoms with Gasteiger partial charge in [0.1, 0.15) is 0 Å². The van der Waals surface area contributed by atoms with E-state index in [4.69, 9.17) is 10.5 Å². The van der Waals surface area contributed by atoms with Gasteiger partial charge in [-0.3, -0.25) is 10.1 Å². The fourth-order valence-corrected chi connectivity index (χ4v) is 1.03. The third kappa shape index (κ3) is 1.85. The average Bonchev–Trinajstić information content (AvgIpc) is 2.18. The first-order valence-corrected chi connectivity index (χ1v) is 3.73. The van der Waals surface area contributed by atoms with Crippen LogP contribution < -0.4 is 0 Å². The number of non-ortho nitro benzene ring substituents is 1. The zero-order chi connectivity index (χ0) is 10.6. The molecule has 68 valence electrons. The Kier molecular flexibility index (Phi) is 2.78. The topological polar surface area (TPSA) is 90.7 Å². The standard InChI is InChI=1S/C9H5N3O2/c10-4-3-7-5-9(12(13)14)2-1-8(7)6-11/h1-2,5H,3H2. The van der Waals surface area contributed by atoms with Crippen molar-refractivity contribution in [3.8, 4) is 12.1 Å². The van der Waals surface area contributed by atoms with Crippen LogP contribution in [0.15, 0.2) is 18.2 Å². The highest BCUT2D eigenvalue weighted by Crippen LogP contribution is 2.17. The van der Waals surface area contributed by atoms with E-state index < -0.39 is 4.92 Å². The predicted octanol–water partition coefficient (Wildman–Crippen LogP) is 1.53. The molecule has 0 heterocycles. The molecule has 1 rings (SSSR count). The highest BCUT2D eigenvalue weighted by atomic mass is 16.6. The van der Waals surface area contributed by atoms with Crippen molar-refractivity contribution in [2.24, 2.45) is 0 Å². The fraction of sp³-hybridized carbons (Fsp3) is 0.111. The van der Waals surface area contributed by atoms with E-state index in [2.05, 4.69) is 0 Å². The monoisotopic (exact) mass is 187 g/mol. The largest absolute Gasteiger partial charge is 0.269 e. The molecule has 0 unspecified atom stereocenters. The minimum Gasteiger partial charge on any atom is -0.258 e. The molecule has 1 aromatic carbocycles. The maximum atomic E-state index is 10.4. The molecule has 0 saturated carbocycles. The van der Waals surface area contributed by atoms with Crippen LogP contribution in [0.25, 0.3) is 0 Å². The van der Waals surface area contributed by atoms with Gasteiger partial charge in [0.25, 0.3) is 5.69 Å². The van der Waals surface area contributed by atoms with Crippen molar-refractivity contribution in [3.63, 3.8) is 0 Å². The minimum atomic E-state index is -0.554. The molecule has 0 atom stereocenters. The summed E-state index contributed by atoms with van der Waals surface area (Å²) < 4.78 is 0. The first-order chi connectivity index (χ1) is 6.69. The van der Waals surface area contributed by atoms with Gasteiger partial charge in [0.2, 0.25) is 0 Å². The fourth-order valence-electron chi connectivity index (χ4n) is 1.03. The SMILES string of the molecule is N#CCc1cc([N+](=O)[O-])ccc1C#N. The van der Waals surface area contributed by atoms with Crippen LogP contribution in [-0.2, 0) is 6.42 Å². The first kappa shape index (κ1) is 9.69. The molecule has 0 aliphatic rings. The molecule has 0 bridgehead atoms. The van der Waals surface area contributed by atoms with Gasteiger partial charge in [0.15, 0.2) is 0 Å². The summed E-state index contributed by atoms with van der Waals surface area (Å²) in [5.41, 5.74) is 0.593. The Hall–Kier alpha value is -2.40. The van der Waals surface area contributed by atoms with Crippen molar-refractivity contribution < 1.29 is 4.92 Å². The minimum absolute atomic E-state index is 0.00454. The number of benzene rings is 1. The lowest BCUT2D eigenvalue weighted by Crippen LogP contribution is -1.93. The van der Waals surface area contributed by atoms with E-state index in [-0.39, 0.29) is 12.1 Å². The molecule has 5 nitrogen and oxygen atoms in total. The van der Waals surface area contributed by atoms with Crippen LogP contribution in [0, 0.1) is 32.8 Å². The maximum absolute atomic E-state index is 10.4. The van der Waals surface area contributed by atoms with E-state index >= 15 is 0 Å². The highest BCUT2D eigenvalue weighted by molar-refractivity contribution is 5.46. The Morgan fingerprint density at radius 2 is 2.14 bits per heavy atom. The van der Waals surface area contributed by atoms with Crippen molar-refractivity contribution >= 4 is 5.69 Å². The average molecular weight is 187 g/mol. The number of rotatable bonds is 2. The van der Waals surface area contributed by atoms with Crippen LogP contribution in [0.2, 0.25) is 0 Å². The molecule has 0 aliphatic heterocycles. The van der Waals surface area contributed by atoms with E-state index in [9.17, 15) is 10.1 Å². The van der Waals surface area contributed by atoms with E-state index in [1.54, 1.807) is 0 Å². The summed E-state index contributed by atoms with van der Waals surface area (Å²) in [7, 11) is 0. The summed E-state index contributed by atoms with van der Waals surface area (Å²) in [5.74, 6) is 0. The molecular weight excluding hydrogens is 182 g/mol. The maximum Gasteiger partial charge on any atom is 0.269 e. The number of nitriles is 2. The van der Waals surface area contributed by atoms with Crippen LogP contribution in [0.3, 0.4) is 0 Å². The van der Waals surface area contributed by atoms with E-state index in [1.807, 2.05) is 12.1 Å². The van der Waals surface area contributed by atoms with Gasteiger partial charge in [0, 0.05) is 12.1 Å². The molecule has 0 saturated heterocycles. The van der Waals surface area contributed by atoms with Crippen LogP contribution in [0.4, 0.5) is 5.69 Å². The van der Waals surface area contributed by atoms with Gasteiger partial charge in [0.05, 0.1) is 29.0 Å². The Morgan fingerprint density at radius 1 is 1.43 bits per heavy atom. The van der Waals surface area contributed by atoms with E-state index in [0.717, 1.165) is 0 Å². The number of hydrogen-bond donors (Lipinski definition) is 0. The molecule has 0 aliphatic carbocycles.